The minimum absolute atomic E-state index is 0. The molecule has 5 saturated carbocycles. The Morgan fingerprint density at radius 2 is 0.613 bits per heavy atom. The third-order valence-electron chi connectivity index (χ3n) is 27.5. The molecule has 14 rings (SSSR count). The maximum atomic E-state index is 12.6. The lowest BCUT2D eigenvalue weighted by molar-refractivity contribution is -0.139. The number of rotatable bonds is 29. The number of carboxylic acids is 1. The summed E-state index contributed by atoms with van der Waals surface area (Å²) in [5.41, 5.74) is 11.8. The van der Waals surface area contributed by atoms with Crippen molar-refractivity contribution in [3.63, 3.8) is 0 Å². The Balaban J connectivity index is 0.000000284. The zero-order valence-corrected chi connectivity index (χ0v) is 89.7. The molecule has 5 fully saturated rings. The van der Waals surface area contributed by atoms with E-state index in [1.54, 1.807) is 126 Å². The number of halogens is 1. The van der Waals surface area contributed by atoms with E-state index in [1.165, 1.54) is 36.0 Å². The molecule has 0 saturated heterocycles. The second kappa shape index (κ2) is 63.9. The largest absolute Gasteiger partial charge is 0.497 e. The van der Waals surface area contributed by atoms with Crippen molar-refractivity contribution in [3.05, 3.63) is 268 Å². The van der Waals surface area contributed by atoms with Crippen LogP contribution >= 0.6 is 24.0 Å². The SMILES string of the molecule is CCc1ccc(OC)cc1.COc1ccc(C(C#N)C2(O)CCCCC2)cc1.COc1ccc(C(C(=O)N(C)C)C2(O)CCCCC2)cc1.COc1ccc(C(C)C2(O)CCCCC2)cc1.COc1ccc(C(CN(C)C)C2(O)CCCCC2)cc1.COc1ccc(C(CN)C2(O)CCCCC2)cc1.COc1ccc(CC#N)cc1.COc1ccc(CC(=O)N(C)C)cc1.COc1ccc(CC(=O)O)cc1.I. The zero-order chi connectivity index (χ0) is 103. The molecule has 2 amide bonds. The lowest BCUT2D eigenvalue weighted by Gasteiger charge is -2.40. The van der Waals surface area contributed by atoms with Crippen molar-refractivity contribution >= 4 is 41.8 Å². The van der Waals surface area contributed by atoms with E-state index >= 15 is 0 Å². The minimum atomic E-state index is -0.936. The molecule has 8 N–H and O–H groups in total. The minimum Gasteiger partial charge on any atom is -0.497 e. The first-order chi connectivity index (χ1) is 67.6. The summed E-state index contributed by atoms with van der Waals surface area (Å²) in [7, 11) is 25.9. The van der Waals surface area contributed by atoms with E-state index in [-0.39, 0.29) is 60.0 Å². The normalized spacial score (nSPS) is 16.3. The van der Waals surface area contributed by atoms with Gasteiger partial charge in [-0.2, -0.15) is 10.5 Å². The fraction of sp³-hybridized carbons (Fsp3) is 0.496. The van der Waals surface area contributed by atoms with Crippen LogP contribution in [0.3, 0.4) is 0 Å². The molecule has 0 radical (unpaired) electrons. The molecule has 9 aromatic carbocycles. The number of aryl methyl sites for hydroxylation is 1. The Morgan fingerprint density at radius 1 is 0.345 bits per heavy atom. The number of aliphatic hydroxyl groups is 5. The number of benzene rings is 9. The number of aliphatic carboxylic acids is 1. The van der Waals surface area contributed by atoms with Crippen LogP contribution in [0.2, 0.25) is 0 Å². The van der Waals surface area contributed by atoms with Crippen molar-refractivity contribution in [1.29, 1.82) is 10.5 Å². The Kier molecular flexibility index (Phi) is 54.7. The maximum Gasteiger partial charge on any atom is 0.307 e. The molecule has 0 aliphatic heterocycles. The summed E-state index contributed by atoms with van der Waals surface area (Å²) in [6.45, 7) is 5.64. The molecule has 24 nitrogen and oxygen atoms in total. The van der Waals surface area contributed by atoms with Gasteiger partial charge in [-0.1, -0.05) is 219 Å². The molecule has 776 valence electrons. The average molecular weight is 2070 g/mol. The van der Waals surface area contributed by atoms with Gasteiger partial charge in [-0.3, -0.25) is 14.4 Å². The molecular weight excluding hydrogens is 1900 g/mol. The number of ether oxygens (including phenoxy) is 9. The third kappa shape index (κ3) is 40.0. The Bertz CT molecular complexity index is 5040. The Hall–Kier alpha value is -11.0. The number of nitrogens with zero attached hydrogens (tertiary/aromatic N) is 5. The van der Waals surface area contributed by atoms with Gasteiger partial charge in [0, 0.05) is 59.0 Å². The van der Waals surface area contributed by atoms with Gasteiger partial charge in [-0.25, -0.2) is 0 Å². The molecule has 0 spiro atoms. The molecule has 5 aliphatic carbocycles. The van der Waals surface area contributed by atoms with E-state index in [4.69, 9.17) is 58.7 Å². The summed E-state index contributed by atoms with van der Waals surface area (Å²) in [5.74, 6) is 6.12. The molecule has 25 heteroatoms. The van der Waals surface area contributed by atoms with Gasteiger partial charge in [0.2, 0.25) is 11.8 Å². The molecule has 142 heavy (non-hydrogen) atoms. The monoisotopic (exact) mass is 2070 g/mol. The topological polar surface area (TPSA) is 339 Å². The summed E-state index contributed by atoms with van der Waals surface area (Å²) in [6.07, 6.45) is 27.0. The van der Waals surface area contributed by atoms with Crippen LogP contribution in [0.15, 0.2) is 218 Å². The van der Waals surface area contributed by atoms with Gasteiger partial charge in [-0.05, 0) is 244 Å². The Labute approximate surface area is 864 Å². The van der Waals surface area contributed by atoms with Gasteiger partial charge < -0.3 is 93.7 Å². The summed E-state index contributed by atoms with van der Waals surface area (Å²) < 4.78 is 45.8. The number of carbonyl (C=O) groups excluding carboxylic acids is 2. The molecular formula is C117H163IN6O18. The molecule has 5 unspecified atom stereocenters. The van der Waals surface area contributed by atoms with Crippen molar-refractivity contribution in [2.45, 2.75) is 258 Å². The third-order valence-corrected chi connectivity index (χ3v) is 27.5. The molecule has 9 aromatic rings. The number of hydrogen-bond acceptors (Lipinski definition) is 21. The van der Waals surface area contributed by atoms with Crippen molar-refractivity contribution in [2.24, 2.45) is 5.73 Å². The summed E-state index contributed by atoms with van der Waals surface area (Å²) >= 11 is 0. The van der Waals surface area contributed by atoms with Crippen molar-refractivity contribution < 1.29 is 87.7 Å². The molecule has 0 bridgehead atoms. The van der Waals surface area contributed by atoms with Crippen LogP contribution in [0.4, 0.5) is 0 Å². The second-order valence-corrected chi connectivity index (χ2v) is 37.9. The lowest BCUT2D eigenvalue weighted by Crippen LogP contribution is -2.46. The average Bonchev–Trinajstić information content (AvgIpc) is 0.778. The fourth-order valence-corrected chi connectivity index (χ4v) is 18.7. The van der Waals surface area contributed by atoms with Gasteiger partial charge in [0.25, 0.3) is 0 Å². The van der Waals surface area contributed by atoms with Crippen LogP contribution in [0.1, 0.15) is 254 Å². The standard InChI is InChI=1S/C17H25NO3.C17H27NO2.C15H23NO2.C15H19NO2.C15H22O2.C11H15NO2.C9H9NO.C9H10O3.C9H12O.HI/c1-18(2)16(19)15(17(20)11-5-4-6-12-17)13-7-9-14(21-3)10-8-13;1-18(2)13-16(17(19)11-5-4-6-12-17)14-7-9-15(20-3)10-8-14;2*1-18-13-7-5-12(6-8-13)14(11-16)15(17)9-3-2-4-10-15;1-12(15(16)10-4-3-5-11-15)13-6-8-14(17-2)9-7-13;1-12(2)11(13)8-9-4-6-10(14-3)7-5-9;1-11-9-4-2-8(3-5-9)6-7-10;1-12-8-4-2-7(3-5-8)6-9(10)11;1-3-8-4-6-9(10-2)7-5-8;/h7-10,15,20H,4-6,11-12H2,1-3H3;7-10,16,19H,4-6,11-13H2,1-3H3;5-8,14,17H,2-4,9-11,16H2,1H3;5-8,14,17H,2-4,9-10H2,1H3;6-9,12,16H,3-5,10-11H2,1-2H3;4-7H,8H2,1-3H3;2-5H,6H2,1H3;2-5H,6H2,1H3,(H,10,11);4-7H,3H2,1-2H3;1H. The first-order valence-corrected chi connectivity index (χ1v) is 49.7. The number of likely N-dealkylation sites (N-methyl/N-ethyl adjacent to an activating group) is 3. The molecule has 5 atom stereocenters. The van der Waals surface area contributed by atoms with Crippen LogP contribution in [-0.4, -0.2) is 210 Å². The summed E-state index contributed by atoms with van der Waals surface area (Å²) in [5, 5.41) is 80.5. The van der Waals surface area contributed by atoms with Gasteiger partial charge in [-0.15, -0.1) is 24.0 Å². The number of hydrogen-bond donors (Lipinski definition) is 7. The van der Waals surface area contributed by atoms with Gasteiger partial charge in [0.15, 0.2) is 0 Å². The maximum absolute atomic E-state index is 12.6. The quantitative estimate of drug-likeness (QED) is 0.0214. The van der Waals surface area contributed by atoms with Crippen LogP contribution in [-0.2, 0) is 40.1 Å². The van der Waals surface area contributed by atoms with Crippen LogP contribution in [0.25, 0.3) is 0 Å². The molecule has 0 aromatic heterocycles. The van der Waals surface area contributed by atoms with E-state index in [0.717, 1.165) is 227 Å². The van der Waals surface area contributed by atoms with Gasteiger partial charge in [0.1, 0.15) is 51.7 Å². The number of carboxylic acid groups (broad SMARTS) is 1. The van der Waals surface area contributed by atoms with E-state index in [0.29, 0.717) is 32.2 Å². The molecule has 5 aliphatic rings. The van der Waals surface area contributed by atoms with Crippen LogP contribution < -0.4 is 48.4 Å². The lowest BCUT2D eigenvalue weighted by atomic mass is 9.72. The summed E-state index contributed by atoms with van der Waals surface area (Å²) in [4.78, 5) is 39.6. The first kappa shape index (κ1) is 121. The Morgan fingerprint density at radius 3 is 0.901 bits per heavy atom. The number of nitriles is 2. The highest BCUT2D eigenvalue weighted by Crippen LogP contribution is 2.46. The summed E-state index contributed by atoms with van der Waals surface area (Å²) in [6, 6.07) is 73.5. The zero-order valence-electron chi connectivity index (χ0n) is 87.4. The highest BCUT2D eigenvalue weighted by molar-refractivity contribution is 14.0. The van der Waals surface area contributed by atoms with E-state index < -0.39 is 45.8 Å². The van der Waals surface area contributed by atoms with E-state index in [9.17, 15) is 45.2 Å². The number of amides is 2. The van der Waals surface area contributed by atoms with Gasteiger partial charge >= 0.3 is 5.97 Å². The number of methoxy groups -OCH3 is 9. The number of carbonyl (C=O) groups is 3. The van der Waals surface area contributed by atoms with Crippen molar-refractivity contribution in [3.8, 4) is 63.9 Å². The van der Waals surface area contributed by atoms with Crippen molar-refractivity contribution in [1.82, 2.24) is 14.7 Å². The highest BCUT2D eigenvalue weighted by Gasteiger charge is 2.45. The van der Waals surface area contributed by atoms with E-state index in [1.807, 2.05) is 158 Å². The predicted octanol–water partition coefficient (Wildman–Crippen LogP) is 21.8. The first-order valence-electron chi connectivity index (χ1n) is 49.7. The van der Waals surface area contributed by atoms with Crippen molar-refractivity contribution in [2.75, 3.05) is 119 Å². The fourth-order valence-electron chi connectivity index (χ4n) is 18.7. The highest BCUT2D eigenvalue weighted by atomic mass is 127. The van der Waals surface area contributed by atoms with E-state index in [2.05, 4.69) is 81.4 Å². The smallest absolute Gasteiger partial charge is 0.307 e. The predicted molar refractivity (Wildman–Crippen MR) is 576 cm³/mol. The second-order valence-electron chi connectivity index (χ2n) is 37.9. The van der Waals surface area contributed by atoms with Gasteiger partial charge in [0.05, 0.1) is 135 Å². The molecule has 0 heterocycles. The number of nitrogens with two attached hydrogens (primary N) is 1. The van der Waals surface area contributed by atoms with Crippen LogP contribution in [0, 0.1) is 22.7 Å². The van der Waals surface area contributed by atoms with Crippen LogP contribution in [0.5, 0.6) is 51.7 Å².